The molecule has 0 aliphatic heterocycles. The van der Waals surface area contributed by atoms with Gasteiger partial charge in [-0.05, 0) is 73.4 Å². The summed E-state index contributed by atoms with van der Waals surface area (Å²) in [5, 5.41) is 0. The molecule has 2 aromatic carbocycles. The van der Waals surface area contributed by atoms with E-state index in [1.54, 1.807) is 13.0 Å². The van der Waals surface area contributed by atoms with Gasteiger partial charge in [0.25, 0.3) is 0 Å². The van der Waals surface area contributed by atoms with Crippen molar-refractivity contribution in [2.24, 2.45) is 5.92 Å². The molecule has 2 aromatic rings. The summed E-state index contributed by atoms with van der Waals surface area (Å²) in [5.74, 6) is 1.07. The van der Waals surface area contributed by atoms with E-state index >= 15 is 0 Å². The van der Waals surface area contributed by atoms with Crippen molar-refractivity contribution in [1.82, 2.24) is 0 Å². The highest BCUT2D eigenvalue weighted by Crippen LogP contribution is 2.37. The first-order valence-corrected chi connectivity index (χ1v) is 13.4. The number of allylic oxidation sites excluding steroid dienone is 2. The molecule has 1 nitrogen and oxygen atoms in total. The SMILES string of the molecule is C=C=C(C)c1ccc(C(C)C(=C=C)C2CCCCCC2)cc1C.C=O.CC.Cc1cccc(C(F)(F)F)c1.[HH].[HH]. The van der Waals surface area contributed by atoms with Gasteiger partial charge in [-0.1, -0.05) is 102 Å². The molecule has 0 radical (unpaired) electrons. The van der Waals surface area contributed by atoms with Gasteiger partial charge in [0.05, 0.1) is 5.56 Å². The topological polar surface area (TPSA) is 17.1 Å². The van der Waals surface area contributed by atoms with E-state index in [-0.39, 0.29) is 2.85 Å². The predicted molar refractivity (Wildman–Crippen MR) is 161 cm³/mol. The number of carbonyl (C=O) groups excluding carboxylic acids is 1. The highest BCUT2D eigenvalue weighted by molar-refractivity contribution is 5.66. The van der Waals surface area contributed by atoms with E-state index in [0.717, 1.165) is 17.7 Å². The van der Waals surface area contributed by atoms with Crippen LogP contribution in [0.1, 0.15) is 103 Å². The molecule has 4 heteroatoms. The standard InChI is InChI=1S/C23H30.C8H7F3.C2H6.CH2O.2H2/c1-6-17(3)23-15-14-21(16-18(23)4)19(5)22(7-2)20-12-10-8-9-11-13-20;1-6-3-2-4-7(5-6)8(9,10)11;2*1-2;;/h14-16,19-20H,1-2,8-13H2,3-5H3;2-5H,1H3;1-2H3;1H2;2*1H. The Hall–Kier alpha value is -3.06. The highest BCUT2D eigenvalue weighted by Gasteiger charge is 2.30. The summed E-state index contributed by atoms with van der Waals surface area (Å²) in [4.78, 5) is 8.00. The maximum atomic E-state index is 12.0. The van der Waals surface area contributed by atoms with Gasteiger partial charge in [-0.3, -0.25) is 0 Å². The quantitative estimate of drug-likeness (QED) is 0.284. The highest BCUT2D eigenvalue weighted by atomic mass is 19.4. The van der Waals surface area contributed by atoms with Gasteiger partial charge in [0.2, 0.25) is 0 Å². The van der Waals surface area contributed by atoms with Crippen molar-refractivity contribution in [1.29, 1.82) is 0 Å². The van der Waals surface area contributed by atoms with Crippen molar-refractivity contribution >= 4 is 12.4 Å². The molecule has 0 amide bonds. The van der Waals surface area contributed by atoms with Crippen molar-refractivity contribution in [2.75, 3.05) is 0 Å². The molecule has 3 rings (SSSR count). The molecule has 1 aliphatic carbocycles. The van der Waals surface area contributed by atoms with E-state index in [1.165, 1.54) is 66.9 Å². The van der Waals surface area contributed by atoms with Crippen molar-refractivity contribution < 1.29 is 20.8 Å². The van der Waals surface area contributed by atoms with E-state index in [1.807, 2.05) is 20.6 Å². The van der Waals surface area contributed by atoms with Crippen LogP contribution in [0, 0.1) is 19.8 Å². The molecule has 1 aliphatic rings. The Balaban J connectivity index is -0.000000682. The normalized spacial score (nSPS) is 13.8. The van der Waals surface area contributed by atoms with Gasteiger partial charge in [-0.2, -0.15) is 13.2 Å². The van der Waals surface area contributed by atoms with Gasteiger partial charge >= 0.3 is 6.18 Å². The molecule has 1 saturated carbocycles. The second-order valence-corrected chi connectivity index (χ2v) is 9.29. The van der Waals surface area contributed by atoms with E-state index in [9.17, 15) is 13.2 Å². The van der Waals surface area contributed by atoms with Crippen LogP contribution in [0.3, 0.4) is 0 Å². The van der Waals surface area contributed by atoms with Crippen LogP contribution >= 0.6 is 0 Å². The number of hydrogen-bond acceptors (Lipinski definition) is 1. The lowest BCUT2D eigenvalue weighted by molar-refractivity contribution is -0.137. The van der Waals surface area contributed by atoms with E-state index < -0.39 is 11.7 Å². The molecule has 38 heavy (non-hydrogen) atoms. The fourth-order valence-electron chi connectivity index (χ4n) is 4.71. The number of aryl methyl sites for hydroxylation is 2. The van der Waals surface area contributed by atoms with Crippen LogP contribution in [0.25, 0.3) is 5.57 Å². The van der Waals surface area contributed by atoms with E-state index in [4.69, 9.17) is 4.79 Å². The summed E-state index contributed by atoms with van der Waals surface area (Å²) in [6, 6.07) is 12.0. The summed E-state index contributed by atoms with van der Waals surface area (Å²) in [7, 11) is 0. The lowest BCUT2D eigenvalue weighted by Crippen LogP contribution is -2.09. The van der Waals surface area contributed by atoms with Crippen LogP contribution < -0.4 is 0 Å². The summed E-state index contributed by atoms with van der Waals surface area (Å²) in [5.41, 5.74) is 12.8. The second kappa shape index (κ2) is 18.2. The second-order valence-electron chi connectivity index (χ2n) is 9.29. The summed E-state index contributed by atoms with van der Waals surface area (Å²) >= 11 is 0. The predicted octanol–water partition coefficient (Wildman–Crippen LogP) is 11.3. The minimum Gasteiger partial charge on any atom is -0.307 e. The zero-order valence-electron chi connectivity index (χ0n) is 24.1. The zero-order valence-corrected chi connectivity index (χ0v) is 24.1. The Morgan fingerprint density at radius 3 is 1.95 bits per heavy atom. The smallest absolute Gasteiger partial charge is 0.307 e. The van der Waals surface area contributed by atoms with Gasteiger partial charge in [0, 0.05) is 8.77 Å². The van der Waals surface area contributed by atoms with Crippen LogP contribution in [-0.4, -0.2) is 6.79 Å². The fourth-order valence-corrected chi connectivity index (χ4v) is 4.71. The minimum absolute atomic E-state index is 0. The average Bonchev–Trinajstić information content (AvgIpc) is 3.20. The zero-order chi connectivity index (χ0) is 29.3. The van der Waals surface area contributed by atoms with Crippen LogP contribution in [0.2, 0.25) is 0 Å². The number of hydrogen-bond donors (Lipinski definition) is 0. The Labute approximate surface area is 231 Å². The van der Waals surface area contributed by atoms with Crippen molar-refractivity contribution in [2.45, 2.75) is 92.2 Å². The lowest BCUT2D eigenvalue weighted by atomic mass is 9.80. The van der Waals surface area contributed by atoms with Gasteiger partial charge < -0.3 is 4.79 Å². The number of rotatable bonds is 4. The van der Waals surface area contributed by atoms with Gasteiger partial charge in [-0.25, -0.2) is 0 Å². The monoisotopic (exact) mass is 530 g/mol. The number of alkyl halides is 3. The Morgan fingerprint density at radius 2 is 1.53 bits per heavy atom. The van der Waals surface area contributed by atoms with Gasteiger partial charge in [0.15, 0.2) is 0 Å². The van der Waals surface area contributed by atoms with Crippen LogP contribution in [0.4, 0.5) is 13.2 Å². The lowest BCUT2D eigenvalue weighted by Gasteiger charge is -2.23. The van der Waals surface area contributed by atoms with Crippen LogP contribution in [0.15, 0.2) is 72.7 Å². The maximum Gasteiger partial charge on any atom is 0.416 e. The van der Waals surface area contributed by atoms with Gasteiger partial charge in [0.1, 0.15) is 6.79 Å². The molecule has 0 bridgehead atoms. The Bertz CT molecular complexity index is 1090. The van der Waals surface area contributed by atoms with Crippen molar-refractivity contribution in [3.8, 4) is 0 Å². The fraction of sp³-hybridized carbons (Fsp3) is 0.441. The number of halogens is 3. The molecule has 0 aromatic heterocycles. The molecule has 0 heterocycles. The van der Waals surface area contributed by atoms with Gasteiger partial charge in [-0.15, -0.1) is 11.5 Å². The average molecular weight is 531 g/mol. The van der Waals surface area contributed by atoms with E-state index in [2.05, 4.69) is 63.6 Å². The first-order valence-electron chi connectivity index (χ1n) is 13.4. The van der Waals surface area contributed by atoms with Crippen LogP contribution in [0.5, 0.6) is 0 Å². The Kier molecular flexibility index (Phi) is 16.8. The third kappa shape index (κ3) is 11.1. The molecule has 0 N–H and O–H groups in total. The largest absolute Gasteiger partial charge is 0.416 e. The number of carbonyl (C=O) groups is 1. The molecule has 1 fully saturated rings. The molecular weight excluding hydrogens is 481 g/mol. The summed E-state index contributed by atoms with van der Waals surface area (Å²) in [6.07, 6.45) is 3.86. The first-order chi connectivity index (χ1) is 18.1. The summed E-state index contributed by atoms with van der Waals surface area (Å²) in [6.45, 7) is 22.0. The van der Waals surface area contributed by atoms with Crippen molar-refractivity contribution in [3.63, 3.8) is 0 Å². The number of benzene rings is 2. The van der Waals surface area contributed by atoms with Crippen LogP contribution in [-0.2, 0) is 11.0 Å². The third-order valence-electron chi connectivity index (χ3n) is 6.73. The molecule has 212 valence electrons. The first kappa shape index (κ1) is 34.9. The summed E-state index contributed by atoms with van der Waals surface area (Å²) < 4.78 is 35.9. The Morgan fingerprint density at radius 1 is 0.947 bits per heavy atom. The third-order valence-corrected chi connectivity index (χ3v) is 6.73. The molecular formula is C34H49F3O. The van der Waals surface area contributed by atoms with Crippen molar-refractivity contribution in [3.05, 3.63) is 100 Å². The molecule has 0 spiro atoms. The van der Waals surface area contributed by atoms with E-state index in [0.29, 0.717) is 17.4 Å². The molecule has 1 atom stereocenters. The molecule has 1 unspecified atom stereocenters. The molecule has 0 saturated heterocycles. The maximum absolute atomic E-state index is 12.0. The minimum atomic E-state index is -4.22.